The Morgan fingerprint density at radius 3 is 2.67 bits per heavy atom. The molecule has 2 unspecified atom stereocenters. The lowest BCUT2D eigenvalue weighted by atomic mass is 9.80. The van der Waals surface area contributed by atoms with E-state index in [-0.39, 0.29) is 12.4 Å². The molecule has 142 valence electrons. The van der Waals surface area contributed by atoms with E-state index in [2.05, 4.69) is 0 Å². The first-order chi connectivity index (χ1) is 12.7. The highest BCUT2D eigenvalue weighted by molar-refractivity contribution is 7.94. The van der Waals surface area contributed by atoms with Gasteiger partial charge in [-0.2, -0.15) is 0 Å². The Kier molecular flexibility index (Phi) is 3.86. The van der Waals surface area contributed by atoms with E-state index in [1.54, 1.807) is 43.4 Å². The number of amides is 1. The predicted molar refractivity (Wildman–Crippen MR) is 100 cm³/mol. The number of fused-ring (bicyclic) bond motifs is 1. The van der Waals surface area contributed by atoms with Crippen LogP contribution in [0, 0.1) is 5.92 Å². The Balaban J connectivity index is 1.98. The molecular weight excluding hydrogens is 366 g/mol. The number of carbonyl (C=O) groups is 2. The molecule has 0 saturated heterocycles. The fourth-order valence-corrected chi connectivity index (χ4v) is 6.65. The van der Waals surface area contributed by atoms with Gasteiger partial charge in [-0.1, -0.05) is 30.4 Å². The fourth-order valence-electron chi connectivity index (χ4n) is 3.97. The number of ketones is 1. The van der Waals surface area contributed by atoms with Crippen LogP contribution in [0.2, 0.25) is 0 Å². The highest BCUT2D eigenvalue weighted by atomic mass is 32.2. The standard InChI is InChI=1S/C20H21NO5S/c1-19(9-10-19)27(24,25)20(8-3-2-4-15(20)18(21)23)13-5-6-14-16(22)7-11-26-17(14)12-13/h2-6,8,12,15H,7,9-11H2,1H3,(H2,21,23). The van der Waals surface area contributed by atoms with Crippen LogP contribution >= 0.6 is 0 Å². The summed E-state index contributed by atoms with van der Waals surface area (Å²) in [5.74, 6) is -1.44. The van der Waals surface area contributed by atoms with Crippen LogP contribution in [0.25, 0.3) is 0 Å². The van der Waals surface area contributed by atoms with Crippen molar-refractivity contribution < 1.29 is 22.7 Å². The second-order valence-electron chi connectivity index (χ2n) is 7.60. The summed E-state index contributed by atoms with van der Waals surface area (Å²) in [4.78, 5) is 24.4. The molecule has 2 N–H and O–H groups in total. The zero-order chi connectivity index (χ0) is 19.4. The number of ether oxygens (including phenoxy) is 1. The van der Waals surface area contributed by atoms with Crippen LogP contribution in [0.1, 0.15) is 42.1 Å². The van der Waals surface area contributed by atoms with Crippen molar-refractivity contribution in [1.82, 2.24) is 0 Å². The fraction of sp³-hybridized carbons (Fsp3) is 0.400. The monoisotopic (exact) mass is 387 g/mol. The first-order valence-corrected chi connectivity index (χ1v) is 10.4. The molecule has 3 aliphatic rings. The minimum atomic E-state index is -3.82. The first-order valence-electron chi connectivity index (χ1n) is 8.93. The van der Waals surface area contributed by atoms with Gasteiger partial charge in [0.1, 0.15) is 10.5 Å². The highest BCUT2D eigenvalue weighted by Gasteiger charge is 2.63. The van der Waals surface area contributed by atoms with Crippen LogP contribution in [0.3, 0.4) is 0 Å². The molecular formula is C20H21NO5S. The summed E-state index contributed by atoms with van der Waals surface area (Å²) in [6.07, 6.45) is 7.73. The van der Waals surface area contributed by atoms with Crippen molar-refractivity contribution in [2.24, 2.45) is 11.7 Å². The SMILES string of the molecule is CC1(S(=O)(=O)C2(c3ccc4c(c3)OCCC4=O)C=CC=CC2C(N)=O)CC1. The molecule has 0 aromatic heterocycles. The van der Waals surface area contributed by atoms with Crippen molar-refractivity contribution in [2.45, 2.75) is 35.7 Å². The van der Waals surface area contributed by atoms with Gasteiger partial charge in [0, 0.05) is 6.42 Å². The van der Waals surface area contributed by atoms with Crippen molar-refractivity contribution in [3.05, 3.63) is 53.6 Å². The summed E-state index contributed by atoms with van der Waals surface area (Å²) in [6, 6.07) is 4.77. The molecule has 2 aliphatic carbocycles. The van der Waals surface area contributed by atoms with Crippen molar-refractivity contribution in [1.29, 1.82) is 0 Å². The van der Waals surface area contributed by atoms with Crippen LogP contribution in [0.4, 0.5) is 0 Å². The largest absolute Gasteiger partial charge is 0.492 e. The molecule has 0 bridgehead atoms. The minimum Gasteiger partial charge on any atom is -0.492 e. The number of hydrogen-bond acceptors (Lipinski definition) is 5. The van der Waals surface area contributed by atoms with E-state index in [9.17, 15) is 18.0 Å². The summed E-state index contributed by atoms with van der Waals surface area (Å²) >= 11 is 0. The van der Waals surface area contributed by atoms with Crippen LogP contribution in [-0.2, 0) is 19.4 Å². The van der Waals surface area contributed by atoms with E-state index in [1.807, 2.05) is 0 Å². The number of hydrogen-bond donors (Lipinski definition) is 1. The molecule has 0 spiro atoms. The number of allylic oxidation sites excluding steroid dienone is 2. The van der Waals surface area contributed by atoms with Crippen molar-refractivity contribution in [3.63, 3.8) is 0 Å². The molecule has 2 atom stereocenters. The number of rotatable bonds is 4. The van der Waals surface area contributed by atoms with Gasteiger partial charge in [0.15, 0.2) is 15.6 Å². The molecule has 1 aliphatic heterocycles. The van der Waals surface area contributed by atoms with Gasteiger partial charge >= 0.3 is 0 Å². The van der Waals surface area contributed by atoms with Gasteiger partial charge in [-0.3, -0.25) is 9.59 Å². The maximum Gasteiger partial charge on any atom is 0.226 e. The Bertz CT molecular complexity index is 1000. The first kappa shape index (κ1) is 18.0. The van der Waals surface area contributed by atoms with Gasteiger partial charge in [0.25, 0.3) is 0 Å². The van der Waals surface area contributed by atoms with Gasteiger partial charge in [0.2, 0.25) is 5.91 Å². The lowest BCUT2D eigenvalue weighted by molar-refractivity contribution is -0.121. The van der Waals surface area contributed by atoms with Gasteiger partial charge in [-0.05, 0) is 37.5 Å². The normalized spacial score (nSPS) is 28.3. The summed E-state index contributed by atoms with van der Waals surface area (Å²) < 4.78 is 30.6. The van der Waals surface area contributed by atoms with Crippen molar-refractivity contribution in [3.8, 4) is 5.75 Å². The average Bonchev–Trinajstić information content (AvgIpc) is 3.40. The summed E-state index contributed by atoms with van der Waals surface area (Å²) in [5, 5.41) is 0. The van der Waals surface area contributed by atoms with Gasteiger partial charge in [0.05, 0.1) is 22.8 Å². The molecule has 1 aromatic carbocycles. The number of nitrogens with two attached hydrogens (primary N) is 1. The van der Waals surface area contributed by atoms with Crippen LogP contribution in [0.5, 0.6) is 5.75 Å². The quantitative estimate of drug-likeness (QED) is 0.851. The molecule has 27 heavy (non-hydrogen) atoms. The van der Waals surface area contributed by atoms with Crippen LogP contribution < -0.4 is 10.5 Å². The van der Waals surface area contributed by atoms with E-state index in [0.29, 0.717) is 36.1 Å². The second-order valence-corrected chi connectivity index (χ2v) is 10.3. The summed E-state index contributed by atoms with van der Waals surface area (Å²) in [7, 11) is -3.82. The van der Waals surface area contributed by atoms with Crippen molar-refractivity contribution >= 4 is 21.5 Å². The average molecular weight is 387 g/mol. The van der Waals surface area contributed by atoms with Gasteiger partial charge in [-0.25, -0.2) is 8.42 Å². The topological polar surface area (TPSA) is 104 Å². The predicted octanol–water partition coefficient (Wildman–Crippen LogP) is 2.04. The summed E-state index contributed by atoms with van der Waals surface area (Å²) in [5.41, 5.74) is 6.45. The molecule has 0 radical (unpaired) electrons. The third-order valence-corrected chi connectivity index (χ3v) is 9.12. The van der Waals surface area contributed by atoms with Crippen molar-refractivity contribution in [2.75, 3.05) is 6.61 Å². The lowest BCUT2D eigenvalue weighted by Crippen LogP contribution is -2.51. The molecule has 6 nitrogen and oxygen atoms in total. The number of Topliss-reactive ketones (excluding diaryl/α,β-unsaturated/α-hetero) is 1. The molecule has 1 fully saturated rings. The maximum atomic E-state index is 13.7. The number of sulfone groups is 1. The number of benzene rings is 1. The van der Waals surface area contributed by atoms with Gasteiger partial charge < -0.3 is 10.5 Å². The highest BCUT2D eigenvalue weighted by Crippen LogP contribution is 2.55. The number of primary amides is 1. The Hall–Kier alpha value is -2.41. The van der Waals surface area contributed by atoms with E-state index in [1.165, 1.54) is 6.08 Å². The molecule has 1 amide bonds. The molecule has 7 heteroatoms. The smallest absolute Gasteiger partial charge is 0.226 e. The zero-order valence-electron chi connectivity index (χ0n) is 15.0. The summed E-state index contributed by atoms with van der Waals surface area (Å²) in [6.45, 7) is 1.95. The van der Waals surface area contributed by atoms with Crippen LogP contribution in [0.15, 0.2) is 42.5 Å². The van der Waals surface area contributed by atoms with Crippen LogP contribution in [-0.4, -0.2) is 31.5 Å². The number of carbonyl (C=O) groups excluding carboxylic acids is 2. The maximum absolute atomic E-state index is 13.7. The molecule has 1 aromatic rings. The lowest BCUT2D eigenvalue weighted by Gasteiger charge is -2.39. The molecule has 1 saturated carbocycles. The zero-order valence-corrected chi connectivity index (χ0v) is 15.8. The third kappa shape index (κ3) is 2.41. The van der Waals surface area contributed by atoms with E-state index in [0.717, 1.165) is 0 Å². The Labute approximate surface area is 158 Å². The van der Waals surface area contributed by atoms with E-state index < -0.39 is 31.2 Å². The van der Waals surface area contributed by atoms with E-state index in [4.69, 9.17) is 10.5 Å². The van der Waals surface area contributed by atoms with Gasteiger partial charge in [-0.15, -0.1) is 0 Å². The Morgan fingerprint density at radius 1 is 1.26 bits per heavy atom. The second kappa shape index (κ2) is 5.79. The minimum absolute atomic E-state index is 0.0422. The third-order valence-electron chi connectivity index (χ3n) is 5.89. The molecule has 1 heterocycles. The Morgan fingerprint density at radius 2 is 2.00 bits per heavy atom. The van der Waals surface area contributed by atoms with E-state index >= 15 is 0 Å². The molecule has 4 rings (SSSR count).